The van der Waals surface area contributed by atoms with Gasteiger partial charge < -0.3 is 9.47 Å². The van der Waals surface area contributed by atoms with Gasteiger partial charge in [-0.3, -0.25) is 19.3 Å². The molecule has 8 nitrogen and oxygen atoms in total. The minimum atomic E-state index is -4.78. The molecule has 0 atom stereocenters. The molecule has 0 aliphatic carbocycles. The maximum Gasteiger partial charge on any atom is 0.573 e. The summed E-state index contributed by atoms with van der Waals surface area (Å²) in [6.07, 6.45) is -4.78. The number of fused-ring (bicyclic) bond motifs is 1. The van der Waals surface area contributed by atoms with Gasteiger partial charge in [0.25, 0.3) is 5.91 Å². The third kappa shape index (κ3) is 6.17. The molecular formula is C21H25ClF3N5O3S. The van der Waals surface area contributed by atoms with E-state index in [1.54, 1.807) is 15.6 Å². The average Bonchev–Trinajstić information content (AvgIpc) is 3.36. The minimum absolute atomic E-state index is 0. The van der Waals surface area contributed by atoms with E-state index in [-0.39, 0.29) is 24.1 Å². The lowest BCUT2D eigenvalue weighted by molar-refractivity contribution is -0.274. The van der Waals surface area contributed by atoms with Crippen LogP contribution in [0.1, 0.15) is 23.1 Å². The van der Waals surface area contributed by atoms with E-state index in [9.17, 15) is 18.0 Å². The van der Waals surface area contributed by atoms with Crippen molar-refractivity contribution in [1.29, 1.82) is 0 Å². The van der Waals surface area contributed by atoms with Crippen LogP contribution in [0.25, 0.3) is 10.2 Å². The van der Waals surface area contributed by atoms with Gasteiger partial charge in [0, 0.05) is 44.5 Å². The predicted octanol–water partition coefficient (Wildman–Crippen LogP) is 4.12. The number of carbonyl (C=O) groups excluding carboxylic acids is 1. The summed E-state index contributed by atoms with van der Waals surface area (Å²) in [6, 6.07) is 5.68. The number of anilines is 1. The van der Waals surface area contributed by atoms with Crippen molar-refractivity contribution in [3.8, 4) is 5.75 Å². The lowest BCUT2D eigenvalue weighted by Gasteiger charge is -2.29. The Hall–Kier alpha value is -2.41. The number of thiazole rings is 1. The fraction of sp³-hybridized carbons (Fsp3) is 0.476. The molecule has 0 bridgehead atoms. The Balaban J connectivity index is 0.00000324. The topological polar surface area (TPSA) is 72.7 Å². The van der Waals surface area contributed by atoms with Crippen molar-refractivity contribution in [2.75, 3.05) is 44.3 Å². The summed E-state index contributed by atoms with van der Waals surface area (Å²) in [6.45, 7) is 8.24. The summed E-state index contributed by atoms with van der Waals surface area (Å²) in [4.78, 5) is 21.7. The molecule has 0 saturated carbocycles. The number of aryl methyl sites for hydroxylation is 2. The number of benzene rings is 1. The van der Waals surface area contributed by atoms with Crippen LogP contribution in [0.15, 0.2) is 24.3 Å². The molecule has 2 aromatic heterocycles. The van der Waals surface area contributed by atoms with Crippen LogP contribution in [0, 0.1) is 6.92 Å². The van der Waals surface area contributed by atoms with Gasteiger partial charge in [0.1, 0.15) is 5.75 Å². The molecule has 3 aromatic rings. The Morgan fingerprint density at radius 3 is 2.65 bits per heavy atom. The van der Waals surface area contributed by atoms with E-state index < -0.39 is 6.36 Å². The molecular weight excluding hydrogens is 495 g/mol. The first kappa shape index (κ1) is 26.2. The van der Waals surface area contributed by atoms with Gasteiger partial charge in [0.15, 0.2) is 10.8 Å². The number of aromatic nitrogens is 3. The molecule has 1 fully saturated rings. The molecule has 34 heavy (non-hydrogen) atoms. The van der Waals surface area contributed by atoms with Crippen LogP contribution in [0.2, 0.25) is 0 Å². The van der Waals surface area contributed by atoms with E-state index >= 15 is 0 Å². The molecule has 1 aliphatic heterocycles. The third-order valence-corrected chi connectivity index (χ3v) is 6.34. The SMILES string of the molecule is CCn1nc(C(=O)N(CCN2CCOCC2)c2nc3ccc(OC(F)(F)F)cc3s2)cc1C.Cl. The number of halogens is 4. The first-order chi connectivity index (χ1) is 15.7. The Labute approximate surface area is 204 Å². The molecule has 1 saturated heterocycles. The van der Waals surface area contributed by atoms with E-state index in [1.807, 2.05) is 13.8 Å². The Morgan fingerprint density at radius 2 is 2.00 bits per heavy atom. The second-order valence-corrected chi connectivity index (χ2v) is 8.58. The van der Waals surface area contributed by atoms with Crippen molar-refractivity contribution in [3.05, 3.63) is 35.7 Å². The fourth-order valence-corrected chi connectivity index (χ4v) is 4.65. The highest BCUT2D eigenvalue weighted by molar-refractivity contribution is 7.22. The zero-order valence-corrected chi connectivity index (χ0v) is 20.3. The lowest BCUT2D eigenvalue weighted by Crippen LogP contribution is -2.43. The van der Waals surface area contributed by atoms with Gasteiger partial charge in [0.2, 0.25) is 0 Å². The van der Waals surface area contributed by atoms with E-state index in [1.165, 1.54) is 18.2 Å². The number of rotatable bonds is 7. The summed E-state index contributed by atoms with van der Waals surface area (Å²) in [7, 11) is 0. The van der Waals surface area contributed by atoms with Gasteiger partial charge in [-0.25, -0.2) is 4.98 Å². The number of hydrogen-bond acceptors (Lipinski definition) is 7. The van der Waals surface area contributed by atoms with Crippen molar-refractivity contribution in [2.45, 2.75) is 26.8 Å². The fourth-order valence-electron chi connectivity index (χ4n) is 3.63. The van der Waals surface area contributed by atoms with Gasteiger partial charge in [-0.2, -0.15) is 5.10 Å². The molecule has 0 radical (unpaired) electrons. The van der Waals surface area contributed by atoms with Crippen LogP contribution in [-0.4, -0.2) is 71.3 Å². The van der Waals surface area contributed by atoms with E-state index in [0.29, 0.717) is 53.9 Å². The van der Waals surface area contributed by atoms with Crippen LogP contribution in [0.3, 0.4) is 0 Å². The van der Waals surface area contributed by atoms with Crippen molar-refractivity contribution in [1.82, 2.24) is 19.7 Å². The molecule has 0 unspecified atom stereocenters. The maximum absolute atomic E-state index is 13.4. The lowest BCUT2D eigenvalue weighted by atomic mass is 10.3. The molecule has 0 spiro atoms. The standard InChI is InChI=1S/C21H24F3N5O3S.ClH/c1-3-29-14(2)12-17(26-29)19(30)28(7-6-27-8-10-31-11-9-27)20-25-16-5-4-15(13-18(16)33-20)32-21(22,23)24;/h4-5,12-13H,3,6-11H2,1-2H3;1H. The van der Waals surface area contributed by atoms with Gasteiger partial charge in [-0.15, -0.1) is 25.6 Å². The summed E-state index contributed by atoms with van der Waals surface area (Å²) in [5.41, 5.74) is 1.66. The molecule has 1 aliphatic rings. The number of amides is 1. The molecule has 1 aromatic carbocycles. The van der Waals surface area contributed by atoms with Gasteiger partial charge in [0.05, 0.1) is 23.4 Å². The summed E-state index contributed by atoms with van der Waals surface area (Å²) < 4.78 is 49.4. The number of ether oxygens (including phenoxy) is 2. The van der Waals surface area contributed by atoms with Crippen LogP contribution >= 0.6 is 23.7 Å². The highest BCUT2D eigenvalue weighted by atomic mass is 35.5. The number of carbonyl (C=O) groups is 1. The Bertz CT molecular complexity index is 1130. The van der Waals surface area contributed by atoms with Crippen molar-refractivity contribution < 1.29 is 27.4 Å². The number of alkyl halides is 3. The number of nitrogens with zero attached hydrogens (tertiary/aromatic N) is 5. The van der Waals surface area contributed by atoms with Crippen molar-refractivity contribution in [3.63, 3.8) is 0 Å². The summed E-state index contributed by atoms with van der Waals surface area (Å²) in [5, 5.41) is 4.80. The second-order valence-electron chi connectivity index (χ2n) is 7.57. The minimum Gasteiger partial charge on any atom is -0.406 e. The average molecular weight is 520 g/mol. The second kappa shape index (κ2) is 10.9. The van der Waals surface area contributed by atoms with E-state index in [4.69, 9.17) is 4.74 Å². The summed E-state index contributed by atoms with van der Waals surface area (Å²) >= 11 is 1.14. The highest BCUT2D eigenvalue weighted by Crippen LogP contribution is 2.33. The zero-order chi connectivity index (χ0) is 23.6. The van der Waals surface area contributed by atoms with Gasteiger partial charge >= 0.3 is 6.36 Å². The molecule has 0 N–H and O–H groups in total. The predicted molar refractivity (Wildman–Crippen MR) is 125 cm³/mol. The number of hydrogen-bond donors (Lipinski definition) is 0. The first-order valence-corrected chi connectivity index (χ1v) is 11.4. The van der Waals surface area contributed by atoms with E-state index in [0.717, 1.165) is 30.1 Å². The van der Waals surface area contributed by atoms with Crippen molar-refractivity contribution in [2.24, 2.45) is 0 Å². The largest absolute Gasteiger partial charge is 0.573 e. The molecule has 3 heterocycles. The Morgan fingerprint density at radius 1 is 1.26 bits per heavy atom. The highest BCUT2D eigenvalue weighted by Gasteiger charge is 2.31. The van der Waals surface area contributed by atoms with Crippen molar-refractivity contribution >= 4 is 45.0 Å². The first-order valence-electron chi connectivity index (χ1n) is 10.6. The molecule has 4 rings (SSSR count). The summed E-state index contributed by atoms with van der Waals surface area (Å²) in [5.74, 6) is -0.627. The van der Waals surface area contributed by atoms with E-state index in [2.05, 4.69) is 19.7 Å². The smallest absolute Gasteiger partial charge is 0.406 e. The molecule has 13 heteroatoms. The zero-order valence-electron chi connectivity index (χ0n) is 18.7. The van der Waals surface area contributed by atoms with Crippen LogP contribution in [0.5, 0.6) is 5.75 Å². The van der Waals surface area contributed by atoms with Crippen LogP contribution in [0.4, 0.5) is 18.3 Å². The molecule has 1 amide bonds. The Kier molecular flexibility index (Phi) is 8.39. The van der Waals surface area contributed by atoms with Crippen LogP contribution < -0.4 is 9.64 Å². The van der Waals surface area contributed by atoms with Gasteiger partial charge in [-0.05, 0) is 32.0 Å². The molecule has 186 valence electrons. The quantitative estimate of drug-likeness (QED) is 0.467. The third-order valence-electron chi connectivity index (χ3n) is 5.30. The van der Waals surface area contributed by atoms with Gasteiger partial charge in [-0.1, -0.05) is 11.3 Å². The number of morpholine rings is 1. The normalized spacial score (nSPS) is 14.7. The van der Waals surface area contributed by atoms with Crippen LogP contribution in [-0.2, 0) is 11.3 Å². The maximum atomic E-state index is 13.4. The monoisotopic (exact) mass is 519 g/mol.